The fourth-order valence-corrected chi connectivity index (χ4v) is 4.01. The maximum absolute atomic E-state index is 13.0. The third-order valence-corrected chi connectivity index (χ3v) is 5.92. The van der Waals surface area contributed by atoms with Gasteiger partial charge in [-0.15, -0.1) is 0 Å². The predicted molar refractivity (Wildman–Crippen MR) is 146 cm³/mol. The highest BCUT2D eigenvalue weighted by molar-refractivity contribution is 5.94. The zero-order chi connectivity index (χ0) is 25.5. The first-order valence-corrected chi connectivity index (χ1v) is 11.9. The smallest absolute Gasteiger partial charge is 0.271 e. The van der Waals surface area contributed by atoms with Crippen LogP contribution in [0, 0.1) is 5.82 Å². The van der Waals surface area contributed by atoms with Crippen LogP contribution in [0.4, 0.5) is 10.1 Å². The van der Waals surface area contributed by atoms with Crippen LogP contribution in [0.25, 0.3) is 6.08 Å². The molecule has 37 heavy (non-hydrogen) atoms. The van der Waals surface area contributed by atoms with E-state index in [-0.39, 0.29) is 6.04 Å². The Kier molecular flexibility index (Phi) is 7.18. The molecular weight excluding hydrogens is 463 g/mol. The number of rotatable bonds is 7. The van der Waals surface area contributed by atoms with Crippen LogP contribution in [-0.4, -0.2) is 12.1 Å². The van der Waals surface area contributed by atoms with E-state index in [1.54, 1.807) is 6.21 Å². The van der Waals surface area contributed by atoms with E-state index < -0.39 is 11.7 Å². The lowest BCUT2D eigenvalue weighted by Crippen LogP contribution is -2.34. The van der Waals surface area contributed by atoms with Gasteiger partial charge in [-0.25, -0.2) is 9.82 Å². The zero-order valence-corrected chi connectivity index (χ0v) is 20.0. The molecule has 0 fully saturated rings. The number of hydrogen-bond acceptors (Lipinski definition) is 4. The van der Waals surface area contributed by atoms with E-state index in [4.69, 9.17) is 0 Å². The summed E-state index contributed by atoms with van der Waals surface area (Å²) in [5, 5.41) is 6.15. The van der Waals surface area contributed by atoms with Gasteiger partial charge in [0.25, 0.3) is 5.91 Å². The van der Waals surface area contributed by atoms with Crippen molar-refractivity contribution in [3.8, 4) is 0 Å². The monoisotopic (exact) mass is 488 g/mol. The highest BCUT2D eigenvalue weighted by Crippen LogP contribution is 2.32. The molecule has 6 heteroatoms. The Hall–Kier alpha value is -4.97. The summed E-state index contributed by atoms with van der Waals surface area (Å²) in [5.41, 5.74) is 11.5. The van der Waals surface area contributed by atoms with E-state index >= 15 is 0 Å². The van der Waals surface area contributed by atoms with Gasteiger partial charge >= 0.3 is 0 Å². The van der Waals surface area contributed by atoms with Gasteiger partial charge in [-0.05, 0) is 65.2 Å². The standard InChI is InChI=1S/C31H25FN4O/c32-27-16-14-26(15-17-27)31(37)34-33-22-24-12-19-29(20-13-24)36-30(25-9-5-2-6-10-25)21-28(35-36)18-11-23-7-3-1-4-8-23/h1-22,30,35H,(H,34,37). The molecule has 0 spiro atoms. The van der Waals surface area contributed by atoms with Gasteiger partial charge in [0.05, 0.1) is 23.6 Å². The Balaban J connectivity index is 1.29. The molecule has 1 heterocycles. The SMILES string of the molecule is O=C(NN=Cc1ccc(N2NC(C=Cc3ccccc3)=CC2c2ccccc2)cc1)c1ccc(F)cc1. The van der Waals surface area contributed by atoms with Crippen molar-refractivity contribution in [2.24, 2.45) is 5.10 Å². The summed E-state index contributed by atoms with van der Waals surface area (Å²) < 4.78 is 13.0. The molecule has 0 aliphatic carbocycles. The molecule has 2 N–H and O–H groups in total. The molecule has 1 amide bonds. The first-order valence-electron chi connectivity index (χ1n) is 11.9. The van der Waals surface area contributed by atoms with Gasteiger partial charge in [-0.2, -0.15) is 5.10 Å². The lowest BCUT2D eigenvalue weighted by molar-refractivity contribution is 0.0955. The second kappa shape index (κ2) is 11.2. The van der Waals surface area contributed by atoms with E-state index in [2.05, 4.69) is 63.5 Å². The number of allylic oxidation sites excluding steroid dienone is 1. The Labute approximate surface area is 215 Å². The van der Waals surface area contributed by atoms with Gasteiger partial charge in [0.15, 0.2) is 0 Å². The Morgan fingerprint density at radius 2 is 1.49 bits per heavy atom. The minimum Gasteiger partial charge on any atom is -0.298 e. The average Bonchev–Trinajstić information content (AvgIpc) is 3.38. The minimum atomic E-state index is -0.401. The van der Waals surface area contributed by atoms with E-state index in [9.17, 15) is 9.18 Å². The summed E-state index contributed by atoms with van der Waals surface area (Å²) in [5.74, 6) is -0.793. The van der Waals surface area contributed by atoms with E-state index in [0.29, 0.717) is 5.56 Å². The number of carbonyl (C=O) groups excluding carboxylic acids is 1. The second-order valence-electron chi connectivity index (χ2n) is 8.50. The fraction of sp³-hybridized carbons (Fsp3) is 0.0323. The molecule has 0 saturated carbocycles. The number of hydrogen-bond donors (Lipinski definition) is 2. The molecular formula is C31H25FN4O. The van der Waals surface area contributed by atoms with Crippen molar-refractivity contribution >= 4 is 23.9 Å². The van der Waals surface area contributed by atoms with Crippen LogP contribution in [0.5, 0.6) is 0 Å². The number of benzene rings is 4. The molecule has 4 aromatic carbocycles. The first kappa shape index (κ1) is 23.8. The maximum atomic E-state index is 13.0. The molecule has 4 aromatic rings. The van der Waals surface area contributed by atoms with Crippen molar-refractivity contribution in [3.63, 3.8) is 0 Å². The average molecular weight is 489 g/mol. The Morgan fingerprint density at radius 1 is 0.811 bits per heavy atom. The van der Waals surface area contributed by atoms with Crippen LogP contribution in [0.3, 0.4) is 0 Å². The second-order valence-corrected chi connectivity index (χ2v) is 8.50. The highest BCUT2D eigenvalue weighted by Gasteiger charge is 2.25. The molecule has 0 aromatic heterocycles. The Morgan fingerprint density at radius 3 is 2.19 bits per heavy atom. The fourth-order valence-electron chi connectivity index (χ4n) is 4.01. The lowest BCUT2D eigenvalue weighted by Gasteiger charge is -2.27. The van der Waals surface area contributed by atoms with Crippen LogP contribution in [0.1, 0.15) is 33.1 Å². The van der Waals surface area contributed by atoms with Crippen LogP contribution in [0.2, 0.25) is 0 Å². The third-order valence-electron chi connectivity index (χ3n) is 5.92. The number of anilines is 1. The summed E-state index contributed by atoms with van der Waals surface area (Å²) in [6.07, 6.45) is 7.94. The first-order chi connectivity index (χ1) is 18.2. The number of hydrazone groups is 1. The van der Waals surface area contributed by atoms with Crippen LogP contribution < -0.4 is 15.9 Å². The molecule has 0 bridgehead atoms. The van der Waals surface area contributed by atoms with Crippen molar-refractivity contribution in [2.45, 2.75) is 6.04 Å². The summed E-state index contributed by atoms with van der Waals surface area (Å²) in [6.45, 7) is 0. The van der Waals surface area contributed by atoms with Crippen LogP contribution >= 0.6 is 0 Å². The summed E-state index contributed by atoms with van der Waals surface area (Å²) in [7, 11) is 0. The van der Waals surface area contributed by atoms with Crippen molar-refractivity contribution in [1.82, 2.24) is 10.9 Å². The molecule has 1 aliphatic heterocycles. The predicted octanol–water partition coefficient (Wildman–Crippen LogP) is 6.25. The molecule has 0 saturated heterocycles. The molecule has 5 nitrogen and oxygen atoms in total. The van der Waals surface area contributed by atoms with Gasteiger partial charge in [0.1, 0.15) is 5.82 Å². The third kappa shape index (κ3) is 6.00. The van der Waals surface area contributed by atoms with Crippen molar-refractivity contribution in [1.29, 1.82) is 0 Å². The van der Waals surface area contributed by atoms with E-state index in [1.807, 2.05) is 60.7 Å². The van der Waals surface area contributed by atoms with Gasteiger partial charge in [-0.1, -0.05) is 78.9 Å². The van der Waals surface area contributed by atoms with Crippen molar-refractivity contribution < 1.29 is 9.18 Å². The number of hydrazine groups is 1. The molecule has 1 aliphatic rings. The van der Waals surface area contributed by atoms with E-state index in [0.717, 1.165) is 22.5 Å². The lowest BCUT2D eigenvalue weighted by atomic mass is 10.1. The Bertz CT molecular complexity index is 1430. The van der Waals surface area contributed by atoms with Gasteiger partial charge in [-0.3, -0.25) is 15.2 Å². The topological polar surface area (TPSA) is 56.7 Å². The molecule has 182 valence electrons. The minimum absolute atomic E-state index is 0.0196. The number of halogens is 1. The molecule has 0 radical (unpaired) electrons. The highest BCUT2D eigenvalue weighted by atomic mass is 19.1. The van der Waals surface area contributed by atoms with E-state index in [1.165, 1.54) is 29.8 Å². The van der Waals surface area contributed by atoms with Crippen molar-refractivity contribution in [2.75, 3.05) is 5.01 Å². The molecule has 5 rings (SSSR count). The summed E-state index contributed by atoms with van der Waals surface area (Å²) in [6, 6.07) is 33.7. The molecule has 1 atom stereocenters. The number of carbonyl (C=O) groups is 1. The van der Waals surface area contributed by atoms with Crippen LogP contribution in [-0.2, 0) is 0 Å². The van der Waals surface area contributed by atoms with Gasteiger partial charge in [0.2, 0.25) is 0 Å². The number of amides is 1. The largest absolute Gasteiger partial charge is 0.298 e. The van der Waals surface area contributed by atoms with Crippen molar-refractivity contribution in [3.05, 3.63) is 155 Å². The normalized spacial score (nSPS) is 15.1. The van der Waals surface area contributed by atoms with Gasteiger partial charge < -0.3 is 0 Å². The van der Waals surface area contributed by atoms with Crippen LogP contribution in [0.15, 0.2) is 132 Å². The molecule has 1 unspecified atom stereocenters. The summed E-state index contributed by atoms with van der Waals surface area (Å²) in [4.78, 5) is 12.1. The zero-order valence-electron chi connectivity index (χ0n) is 20.0. The maximum Gasteiger partial charge on any atom is 0.271 e. The number of nitrogens with zero attached hydrogens (tertiary/aromatic N) is 2. The van der Waals surface area contributed by atoms with Gasteiger partial charge in [0, 0.05) is 5.56 Å². The number of nitrogens with one attached hydrogen (secondary N) is 2. The quantitative estimate of drug-likeness (QED) is 0.239. The summed E-state index contributed by atoms with van der Waals surface area (Å²) >= 11 is 0.